The highest BCUT2D eigenvalue weighted by atomic mass is 31.2. The molecule has 0 saturated carbocycles. The second kappa shape index (κ2) is 18.8. The lowest BCUT2D eigenvalue weighted by Crippen LogP contribution is -2.68. The van der Waals surface area contributed by atoms with E-state index in [4.69, 9.17) is 33.2 Å². The number of phosphoric acid groups is 1. The van der Waals surface area contributed by atoms with Crippen molar-refractivity contribution in [2.45, 2.75) is 135 Å². The van der Waals surface area contributed by atoms with Crippen molar-refractivity contribution in [3.8, 4) is 0 Å². The van der Waals surface area contributed by atoms with E-state index in [1.165, 1.54) is 0 Å². The third-order valence-electron chi connectivity index (χ3n) is 9.34. The Hall–Kier alpha value is -1.26. The quantitative estimate of drug-likeness (QED) is 0.0681. The summed E-state index contributed by atoms with van der Waals surface area (Å²) in [5, 5.41) is 154. The van der Waals surface area contributed by atoms with Gasteiger partial charge in [0.15, 0.2) is 18.9 Å². The third-order valence-corrected chi connectivity index (χ3v) is 9.89. The third kappa shape index (κ3) is 10.3. The average Bonchev–Trinajstić information content (AvgIpc) is 3.12. The summed E-state index contributed by atoms with van der Waals surface area (Å²) in [7, 11) is -5.62. The van der Waals surface area contributed by atoms with Gasteiger partial charge < -0.3 is 120 Å². The Morgan fingerprint density at radius 3 is 1.69 bits per heavy atom. The molecule has 4 aliphatic rings. The number of aliphatic hydroxyl groups excluding tert-OH is 13. The van der Waals surface area contributed by atoms with E-state index < -0.39 is 175 Å². The van der Waals surface area contributed by atoms with Crippen molar-refractivity contribution in [2.24, 2.45) is 0 Å². The Labute approximate surface area is 308 Å². The number of aliphatic hydroxyl groups is 14. The molecule has 4 rings (SSSR count). The van der Waals surface area contributed by atoms with E-state index in [9.17, 15) is 95.7 Å². The van der Waals surface area contributed by atoms with Gasteiger partial charge in [-0.1, -0.05) is 0 Å². The van der Waals surface area contributed by atoms with Gasteiger partial charge in [0.25, 0.3) is 5.79 Å². The van der Waals surface area contributed by atoms with Crippen LogP contribution in [0.1, 0.15) is 6.42 Å². The molecule has 0 unspecified atom stereocenters. The van der Waals surface area contributed by atoms with E-state index in [0.717, 1.165) is 0 Å². The van der Waals surface area contributed by atoms with E-state index in [0.29, 0.717) is 0 Å². The Kier molecular flexibility index (Phi) is 15.8. The molecule has 4 heterocycles. The summed E-state index contributed by atoms with van der Waals surface area (Å²) in [6, 6.07) is 0. The van der Waals surface area contributed by atoms with Gasteiger partial charge >= 0.3 is 13.8 Å². The zero-order valence-corrected chi connectivity index (χ0v) is 29.1. The monoisotopic (exact) mass is 834 g/mol. The van der Waals surface area contributed by atoms with Crippen molar-refractivity contribution in [1.82, 2.24) is 0 Å². The average molecular weight is 835 g/mol. The maximum absolute atomic E-state index is 11.9. The first-order valence-corrected chi connectivity index (χ1v) is 18.0. The Bertz CT molecular complexity index is 1290. The molecule has 0 radical (unpaired) electrons. The number of rotatable bonds is 15. The first-order valence-electron chi connectivity index (χ1n) is 16.5. The minimum absolute atomic E-state index is 0.870. The van der Waals surface area contributed by atoms with Crippen LogP contribution >= 0.6 is 7.82 Å². The van der Waals surface area contributed by atoms with Crippen LogP contribution in [0.25, 0.3) is 0 Å². The number of phosphoric ester groups is 1. The predicted molar refractivity (Wildman–Crippen MR) is 162 cm³/mol. The first kappa shape index (κ1) is 46.4. The summed E-state index contributed by atoms with van der Waals surface area (Å²) in [5.41, 5.74) is 0. The van der Waals surface area contributed by atoms with Crippen LogP contribution in [0.3, 0.4) is 0 Å². The van der Waals surface area contributed by atoms with Gasteiger partial charge in [-0.3, -0.25) is 4.52 Å². The molecule has 322 valence electrons. The molecular formula is C27H47O27P. The fourth-order valence-electron chi connectivity index (χ4n) is 6.34. The highest BCUT2D eigenvalue weighted by molar-refractivity contribution is 7.46. The molecule has 0 amide bonds. The molecule has 21 atom stereocenters. The Morgan fingerprint density at radius 2 is 1.18 bits per heavy atom. The predicted octanol–water partition coefficient (Wildman–Crippen LogP) is -10.4. The van der Waals surface area contributed by atoms with Gasteiger partial charge in [0, 0.05) is 6.42 Å². The highest BCUT2D eigenvalue weighted by Crippen LogP contribution is 2.45. The van der Waals surface area contributed by atoms with Crippen LogP contribution in [0.4, 0.5) is 0 Å². The second-order valence-electron chi connectivity index (χ2n) is 13.2. The minimum atomic E-state index is -5.62. The molecule has 27 nitrogen and oxygen atoms in total. The Morgan fingerprint density at radius 1 is 0.691 bits per heavy atom. The van der Waals surface area contributed by atoms with Crippen molar-refractivity contribution in [1.29, 1.82) is 0 Å². The number of carboxylic acids is 1. The normalized spacial score (nSPS) is 46.9. The molecule has 0 aliphatic carbocycles. The summed E-state index contributed by atoms with van der Waals surface area (Å²) >= 11 is 0. The highest BCUT2D eigenvalue weighted by Gasteiger charge is 2.59. The lowest BCUT2D eigenvalue weighted by Gasteiger charge is -2.50. The SMILES string of the molecule is O=C(O)[C@@]1(O)C[C@@H](OP(=O)(O)O)[C@@H](O[C@H]2O[C@H]([C@@H](O)CO[C@@H]3O[C@H](CO)[C@H](O)[C@H](O)[C@H]3O)[C@@H](O[C@@H]3O[C@H](CO)[C@H](O)[C@H](O)[C@H]3O)[C@H](O)[C@@H]2O)[C@@H]([C@H](O)CO)O1. The fourth-order valence-corrected chi connectivity index (χ4v) is 6.89. The number of aliphatic carboxylic acids is 1. The van der Waals surface area contributed by atoms with Crippen LogP contribution in [0.2, 0.25) is 0 Å². The summed E-state index contributed by atoms with van der Waals surface area (Å²) in [6.07, 6.45) is -42.5. The largest absolute Gasteiger partial charge is 0.477 e. The zero-order chi connectivity index (χ0) is 41.3. The zero-order valence-electron chi connectivity index (χ0n) is 28.2. The molecule has 4 fully saturated rings. The number of carbonyl (C=O) groups is 1. The van der Waals surface area contributed by atoms with Crippen molar-refractivity contribution >= 4 is 13.8 Å². The van der Waals surface area contributed by atoms with Crippen molar-refractivity contribution in [2.75, 3.05) is 26.4 Å². The van der Waals surface area contributed by atoms with Crippen LogP contribution in [0.15, 0.2) is 0 Å². The van der Waals surface area contributed by atoms with Gasteiger partial charge in [-0.05, 0) is 0 Å². The van der Waals surface area contributed by atoms with Gasteiger partial charge in [-0.2, -0.15) is 0 Å². The molecule has 28 heteroatoms. The summed E-state index contributed by atoms with van der Waals surface area (Å²) in [5.74, 6) is -5.46. The maximum atomic E-state index is 11.9. The molecule has 0 aromatic heterocycles. The lowest BCUT2D eigenvalue weighted by molar-refractivity contribution is -0.385. The van der Waals surface area contributed by atoms with Gasteiger partial charge in [0.1, 0.15) is 104 Å². The van der Waals surface area contributed by atoms with Crippen molar-refractivity contribution in [3.05, 3.63) is 0 Å². The van der Waals surface area contributed by atoms with Crippen LogP contribution in [0, 0.1) is 0 Å². The smallest absolute Gasteiger partial charge is 0.469 e. The number of hydrogen-bond acceptors (Lipinski definition) is 24. The standard InChI is InChI=1S/C27H47O27P/c28-2-6(31)20-21(8(54-55(44,45)46)1-27(43,53-20)26(41)42)51-25-18(40)15(37)22(52-24-17(39)14(36)12(34)10(4-30)49-24)19(50-25)7(32)5-47-23-16(38)13(35)11(33)9(3-29)48-23/h6-25,28-40,43H,1-5H2,(H,41,42)(H2,44,45,46)/t6-,7+,8-,9-,10-,11+,12+,13+,14+,15-,16-,17-,18+,19-,20-,21-,22+,23-,24+,25-,27-/m1/s1. The molecule has 17 N–H and O–H groups in total. The lowest BCUT2D eigenvalue weighted by atomic mass is 9.91. The summed E-state index contributed by atoms with van der Waals surface area (Å²) < 4.78 is 54.2. The molecule has 55 heavy (non-hydrogen) atoms. The van der Waals surface area contributed by atoms with Gasteiger partial charge in [0.05, 0.1) is 26.4 Å². The van der Waals surface area contributed by atoms with E-state index in [2.05, 4.69) is 4.52 Å². The Balaban J connectivity index is 1.67. The molecule has 0 bridgehead atoms. The van der Waals surface area contributed by atoms with Crippen molar-refractivity contribution < 1.29 is 133 Å². The number of hydrogen-bond donors (Lipinski definition) is 17. The van der Waals surface area contributed by atoms with E-state index in [1.807, 2.05) is 0 Å². The van der Waals surface area contributed by atoms with Crippen LogP contribution in [-0.2, 0) is 47.0 Å². The van der Waals surface area contributed by atoms with E-state index >= 15 is 0 Å². The minimum Gasteiger partial charge on any atom is -0.477 e. The molecule has 4 saturated heterocycles. The van der Waals surface area contributed by atoms with Crippen molar-refractivity contribution in [3.63, 3.8) is 0 Å². The van der Waals surface area contributed by atoms with Crippen LogP contribution < -0.4 is 0 Å². The maximum Gasteiger partial charge on any atom is 0.469 e. The molecule has 4 aliphatic heterocycles. The number of ether oxygens (including phenoxy) is 7. The number of carboxylic acid groups (broad SMARTS) is 1. The van der Waals surface area contributed by atoms with Crippen LogP contribution in [0.5, 0.6) is 0 Å². The van der Waals surface area contributed by atoms with Gasteiger partial charge in [0.2, 0.25) is 0 Å². The van der Waals surface area contributed by atoms with E-state index in [1.54, 1.807) is 0 Å². The van der Waals surface area contributed by atoms with Crippen LogP contribution in [-0.4, -0.2) is 247 Å². The molecule has 0 aromatic rings. The van der Waals surface area contributed by atoms with Gasteiger partial charge in [-0.15, -0.1) is 0 Å². The van der Waals surface area contributed by atoms with E-state index in [-0.39, 0.29) is 0 Å². The first-order chi connectivity index (χ1) is 25.6. The summed E-state index contributed by atoms with van der Waals surface area (Å²) in [6.45, 7) is -4.10. The topological polar surface area (TPSA) is 452 Å². The van der Waals surface area contributed by atoms with Gasteiger partial charge in [-0.25, -0.2) is 9.36 Å². The molecule has 0 spiro atoms. The molecular weight excluding hydrogens is 787 g/mol. The second-order valence-corrected chi connectivity index (χ2v) is 14.4. The summed E-state index contributed by atoms with van der Waals surface area (Å²) in [4.78, 5) is 30.9. The molecule has 0 aromatic carbocycles. The fraction of sp³-hybridized carbons (Fsp3) is 0.963.